The molecule has 14 heavy (non-hydrogen) atoms. The molecule has 0 saturated carbocycles. The summed E-state index contributed by atoms with van der Waals surface area (Å²) in [5, 5.41) is 0. The summed E-state index contributed by atoms with van der Waals surface area (Å²) in [6.07, 6.45) is 0. The maximum absolute atomic E-state index is 11.1. The summed E-state index contributed by atoms with van der Waals surface area (Å²) in [5.74, 6) is 0. The first-order chi connectivity index (χ1) is 6.60. The molecule has 1 aromatic rings. The molecule has 0 atom stereocenters. The minimum absolute atomic E-state index is 0.122. The number of hydrogen-bond acceptors (Lipinski definition) is 2. The molecule has 0 amide bonds. The van der Waals surface area contributed by atoms with Gasteiger partial charge in [0.25, 0.3) is 10.0 Å². The number of nitrogens with zero attached hydrogens (tertiary/aromatic N) is 4. The van der Waals surface area contributed by atoms with Crippen molar-refractivity contribution >= 4 is 15.7 Å². The van der Waals surface area contributed by atoms with Gasteiger partial charge in [-0.3, -0.25) is 0 Å². The molecule has 70 valence electrons. The molecule has 0 aliphatic carbocycles. The van der Waals surface area contributed by atoms with Crippen LogP contribution in [0.3, 0.4) is 0 Å². The van der Waals surface area contributed by atoms with E-state index in [9.17, 15) is 8.42 Å². The van der Waals surface area contributed by atoms with E-state index in [0.29, 0.717) is 5.69 Å². The summed E-state index contributed by atoms with van der Waals surface area (Å²) < 4.78 is 24.9. The fourth-order valence-corrected chi connectivity index (χ4v) is 1.46. The van der Waals surface area contributed by atoms with Gasteiger partial charge in [-0.25, -0.2) is 13.3 Å². The van der Waals surface area contributed by atoms with Crippen LogP contribution in [-0.2, 0) is 10.0 Å². The molecule has 0 unspecified atom stereocenters. The maximum Gasteiger partial charge on any atom is 0.264 e. The third kappa shape index (κ3) is 2.01. The van der Waals surface area contributed by atoms with Gasteiger partial charge >= 0.3 is 0 Å². The SMILES string of the molecule is [C-]#[N+]c1ccc(S(=O)(=O)N=[N+]=[N-])cc1. The zero-order chi connectivity index (χ0) is 10.6. The molecular formula is C7H4N4O2S. The number of sulfonamides is 1. The molecule has 0 aliphatic rings. The van der Waals surface area contributed by atoms with E-state index in [2.05, 4.69) is 14.3 Å². The van der Waals surface area contributed by atoms with Gasteiger partial charge in [-0.2, -0.15) is 0 Å². The van der Waals surface area contributed by atoms with Gasteiger partial charge in [0.05, 0.1) is 11.5 Å². The molecule has 0 aliphatic heterocycles. The smallest absolute Gasteiger partial charge is 0.238 e. The summed E-state index contributed by atoms with van der Waals surface area (Å²) in [4.78, 5) is 5.17. The monoisotopic (exact) mass is 208 g/mol. The van der Waals surface area contributed by atoms with Crippen LogP contribution in [0.25, 0.3) is 15.3 Å². The lowest BCUT2D eigenvalue weighted by molar-refractivity contribution is 0.597. The Kier molecular flexibility index (Phi) is 2.72. The van der Waals surface area contributed by atoms with Crippen molar-refractivity contribution in [2.24, 2.45) is 4.52 Å². The Labute approximate surface area is 80.3 Å². The molecule has 0 fully saturated rings. The topological polar surface area (TPSA) is 87.3 Å². The average Bonchev–Trinajstić information content (AvgIpc) is 2.18. The van der Waals surface area contributed by atoms with Crippen LogP contribution in [-0.4, -0.2) is 8.42 Å². The molecule has 0 spiro atoms. The van der Waals surface area contributed by atoms with Crippen molar-refractivity contribution in [1.82, 2.24) is 0 Å². The maximum atomic E-state index is 11.1. The van der Waals surface area contributed by atoms with Crippen molar-refractivity contribution < 1.29 is 8.42 Å². The van der Waals surface area contributed by atoms with Crippen LogP contribution in [0, 0.1) is 6.57 Å². The van der Waals surface area contributed by atoms with E-state index >= 15 is 0 Å². The molecule has 0 bridgehead atoms. The van der Waals surface area contributed by atoms with E-state index in [1.165, 1.54) is 24.3 Å². The van der Waals surface area contributed by atoms with E-state index in [1.54, 1.807) is 0 Å². The molecule has 0 heterocycles. The zero-order valence-corrected chi connectivity index (χ0v) is 7.64. The Morgan fingerprint density at radius 3 is 2.29 bits per heavy atom. The highest BCUT2D eigenvalue weighted by Gasteiger charge is 2.10. The van der Waals surface area contributed by atoms with Gasteiger partial charge in [0.1, 0.15) is 0 Å². The third-order valence-corrected chi connectivity index (χ3v) is 2.56. The summed E-state index contributed by atoms with van der Waals surface area (Å²) in [6.45, 7) is 6.64. The number of benzene rings is 1. The van der Waals surface area contributed by atoms with E-state index in [-0.39, 0.29) is 4.90 Å². The predicted octanol–water partition coefficient (Wildman–Crippen LogP) is 2.24. The van der Waals surface area contributed by atoms with Crippen molar-refractivity contribution in [2.45, 2.75) is 4.90 Å². The fourth-order valence-electron chi connectivity index (χ4n) is 0.788. The molecule has 0 radical (unpaired) electrons. The largest absolute Gasteiger partial charge is 0.264 e. The second-order valence-corrected chi connectivity index (χ2v) is 3.84. The van der Waals surface area contributed by atoms with Crippen LogP contribution < -0.4 is 0 Å². The highest BCUT2D eigenvalue weighted by molar-refractivity contribution is 7.90. The molecule has 0 N–H and O–H groups in total. The second-order valence-electron chi connectivity index (χ2n) is 2.25. The quantitative estimate of drug-likeness (QED) is 0.323. The zero-order valence-electron chi connectivity index (χ0n) is 6.82. The Bertz CT molecular complexity index is 520. The van der Waals surface area contributed by atoms with Gasteiger partial charge in [0.2, 0.25) is 0 Å². The summed E-state index contributed by atoms with van der Waals surface area (Å²) in [7, 11) is -3.93. The second kappa shape index (κ2) is 3.79. The van der Waals surface area contributed by atoms with Gasteiger partial charge in [-0.05, 0) is 5.53 Å². The van der Waals surface area contributed by atoms with Gasteiger partial charge in [0, 0.05) is 9.43 Å². The van der Waals surface area contributed by atoms with Crippen LogP contribution in [0.5, 0.6) is 0 Å². The lowest BCUT2D eigenvalue weighted by Gasteiger charge is -1.95. The van der Waals surface area contributed by atoms with Crippen LogP contribution in [0.4, 0.5) is 5.69 Å². The minimum atomic E-state index is -3.93. The molecule has 1 aromatic carbocycles. The van der Waals surface area contributed by atoms with Crippen molar-refractivity contribution in [3.63, 3.8) is 0 Å². The van der Waals surface area contributed by atoms with Crippen molar-refractivity contribution in [1.29, 1.82) is 0 Å². The highest BCUT2D eigenvalue weighted by Crippen LogP contribution is 2.17. The first-order valence-corrected chi connectivity index (χ1v) is 4.83. The molecule has 1 rings (SSSR count). The highest BCUT2D eigenvalue weighted by atomic mass is 32.2. The average molecular weight is 208 g/mol. The molecule has 7 heteroatoms. The Hall–Kier alpha value is -2.03. The predicted molar refractivity (Wildman–Crippen MR) is 49.0 cm³/mol. The molecule has 0 saturated heterocycles. The summed E-state index contributed by atoms with van der Waals surface area (Å²) in [5.41, 5.74) is 8.32. The molecule has 6 nitrogen and oxygen atoms in total. The van der Waals surface area contributed by atoms with Crippen molar-refractivity contribution in [3.8, 4) is 0 Å². The molecule has 0 aromatic heterocycles. The van der Waals surface area contributed by atoms with E-state index in [0.717, 1.165) is 0 Å². The van der Waals surface area contributed by atoms with Crippen LogP contribution >= 0.6 is 0 Å². The fraction of sp³-hybridized carbons (Fsp3) is 0. The van der Waals surface area contributed by atoms with Crippen molar-refractivity contribution in [2.75, 3.05) is 0 Å². The van der Waals surface area contributed by atoms with E-state index < -0.39 is 10.0 Å². The van der Waals surface area contributed by atoms with Crippen LogP contribution in [0.1, 0.15) is 0 Å². The lowest BCUT2D eigenvalue weighted by Crippen LogP contribution is -1.93. The van der Waals surface area contributed by atoms with Gasteiger partial charge in [0.15, 0.2) is 5.69 Å². The summed E-state index contributed by atoms with van der Waals surface area (Å²) in [6, 6.07) is 5.12. The number of rotatable bonds is 2. The Morgan fingerprint density at radius 2 is 1.86 bits per heavy atom. The van der Waals surface area contributed by atoms with Crippen LogP contribution in [0.15, 0.2) is 33.7 Å². The lowest BCUT2D eigenvalue weighted by atomic mass is 10.3. The Morgan fingerprint density at radius 1 is 1.29 bits per heavy atom. The van der Waals surface area contributed by atoms with E-state index in [1.807, 2.05) is 0 Å². The van der Waals surface area contributed by atoms with E-state index in [4.69, 9.17) is 12.1 Å². The normalized spacial score (nSPS) is 9.93. The van der Waals surface area contributed by atoms with Crippen LogP contribution in [0.2, 0.25) is 0 Å². The minimum Gasteiger partial charge on any atom is -0.238 e. The van der Waals surface area contributed by atoms with Gasteiger partial charge < -0.3 is 0 Å². The first-order valence-electron chi connectivity index (χ1n) is 3.39. The van der Waals surface area contributed by atoms with Gasteiger partial charge in [-0.15, -0.1) is 0 Å². The van der Waals surface area contributed by atoms with Crippen molar-refractivity contribution in [3.05, 3.63) is 46.1 Å². The number of azide groups is 1. The standard InChI is InChI=1S/C7H4N4O2S/c1-9-6-2-4-7(5-3-6)14(12,13)11-10-8/h2-5H. The van der Waals surface area contributed by atoms with Gasteiger partial charge in [-0.1, -0.05) is 24.3 Å². The first kappa shape index (κ1) is 10.1. The molecular weight excluding hydrogens is 204 g/mol. The third-order valence-electron chi connectivity index (χ3n) is 1.41. The number of hydrogen-bond donors (Lipinski definition) is 0. The Balaban J connectivity index is 3.24. The summed E-state index contributed by atoms with van der Waals surface area (Å²) >= 11 is 0.